The molecule has 1 fully saturated rings. The Kier molecular flexibility index (Phi) is 5.12. The number of ether oxygens (including phenoxy) is 2. The summed E-state index contributed by atoms with van der Waals surface area (Å²) in [5.41, 5.74) is -2.14. The van der Waals surface area contributed by atoms with Gasteiger partial charge in [-0.2, -0.15) is 0 Å². The van der Waals surface area contributed by atoms with E-state index in [1.54, 1.807) is 6.66 Å². The molecule has 0 saturated carbocycles. The molecule has 0 aromatic rings. The van der Waals surface area contributed by atoms with E-state index in [4.69, 9.17) is 38.8 Å². The van der Waals surface area contributed by atoms with Crippen molar-refractivity contribution in [2.24, 2.45) is 0 Å². The first-order chi connectivity index (χ1) is 6.89. The minimum Gasteiger partial charge on any atom is -0.394 e. The Morgan fingerprint density at radius 1 is 1.60 bits per heavy atom. The van der Waals surface area contributed by atoms with Gasteiger partial charge < -0.3 is 19.1 Å². The highest BCUT2D eigenvalue weighted by Gasteiger charge is 2.44. The van der Waals surface area contributed by atoms with Gasteiger partial charge in [0.1, 0.15) is 31.6 Å². The average Bonchev–Trinajstić information content (AvgIpc) is 2.39. The fraction of sp³-hybridized carbons (Fsp3) is 1.00. The van der Waals surface area contributed by atoms with Gasteiger partial charge in [-0.05, 0) is 6.66 Å². The van der Waals surface area contributed by atoms with Crippen molar-refractivity contribution in [2.75, 3.05) is 20.4 Å². The Balaban J connectivity index is 2.76. The second-order valence-electron chi connectivity index (χ2n) is 3.40. The number of methoxy groups -OCH3 is 1. The average molecular weight is 268 g/mol. The molecule has 1 aliphatic heterocycles. The molecule has 0 amide bonds. The molecule has 1 aliphatic rings. The maximum Gasteiger partial charge on any atom is 0.120 e. The highest BCUT2D eigenvalue weighted by Crippen LogP contribution is 2.51. The van der Waals surface area contributed by atoms with Gasteiger partial charge in [0.2, 0.25) is 0 Å². The van der Waals surface area contributed by atoms with Gasteiger partial charge in [-0.1, -0.05) is 11.8 Å². The van der Waals surface area contributed by atoms with Crippen LogP contribution in [0.2, 0.25) is 0 Å². The zero-order valence-corrected chi connectivity index (χ0v) is 11.2. The third kappa shape index (κ3) is 3.70. The molecule has 15 heavy (non-hydrogen) atoms. The standard InChI is InChI=1S/C7H14BO4PS2/c1-10-6-5(12-13(2,14)15)4(3-9)11-7(6)8/h4-7,9H,3H2,1-2H3,(H,14,15). The number of hydrogen-bond acceptors (Lipinski definition) is 5. The van der Waals surface area contributed by atoms with Crippen LogP contribution >= 0.6 is 17.7 Å². The van der Waals surface area contributed by atoms with Crippen LogP contribution in [-0.2, 0) is 25.8 Å². The molecule has 8 heteroatoms. The number of rotatable bonds is 4. The highest BCUT2D eigenvalue weighted by molar-refractivity contribution is 8.61. The van der Waals surface area contributed by atoms with Crippen molar-refractivity contribution in [1.82, 2.24) is 0 Å². The van der Waals surface area contributed by atoms with Crippen molar-refractivity contribution >= 4 is 37.4 Å². The van der Waals surface area contributed by atoms with E-state index in [9.17, 15) is 0 Å². The van der Waals surface area contributed by atoms with Crippen LogP contribution in [0.5, 0.6) is 0 Å². The maximum atomic E-state index is 9.10. The lowest BCUT2D eigenvalue weighted by Gasteiger charge is -2.25. The Morgan fingerprint density at radius 3 is 2.60 bits per heavy atom. The molecule has 0 aromatic heterocycles. The summed E-state index contributed by atoms with van der Waals surface area (Å²) in [4.78, 5) is 0. The summed E-state index contributed by atoms with van der Waals surface area (Å²) in [6.07, 6.45) is -1.38. The summed E-state index contributed by atoms with van der Waals surface area (Å²) in [6.45, 7) is 1.55. The van der Waals surface area contributed by atoms with Gasteiger partial charge in [0, 0.05) is 13.1 Å². The van der Waals surface area contributed by atoms with Gasteiger partial charge in [0.15, 0.2) is 0 Å². The summed E-state index contributed by atoms with van der Waals surface area (Å²) in [6, 6.07) is -0.605. The molecule has 1 saturated heterocycles. The molecule has 4 nitrogen and oxygen atoms in total. The lowest BCUT2D eigenvalue weighted by atomic mass is 9.93. The predicted octanol–water partition coefficient (Wildman–Crippen LogP) is 0.141. The second kappa shape index (κ2) is 5.49. The quantitative estimate of drug-likeness (QED) is 0.431. The minimum atomic E-state index is -2.14. The summed E-state index contributed by atoms with van der Waals surface area (Å²) >= 11 is 9.27. The molecule has 2 radical (unpaired) electrons. The molecule has 5 unspecified atom stereocenters. The summed E-state index contributed by atoms with van der Waals surface area (Å²) in [5.74, 6) is 0. The van der Waals surface area contributed by atoms with E-state index in [0.717, 1.165) is 0 Å². The maximum absolute atomic E-state index is 9.10. The molecule has 0 aliphatic carbocycles. The Labute approximate surface area is 101 Å². The Morgan fingerprint density at radius 2 is 2.20 bits per heavy atom. The smallest absolute Gasteiger partial charge is 0.120 e. The van der Waals surface area contributed by atoms with Crippen LogP contribution in [0.15, 0.2) is 0 Å². The molecule has 0 aromatic carbocycles. The summed E-state index contributed by atoms with van der Waals surface area (Å²) in [5, 5.41) is 9.10. The lowest BCUT2D eigenvalue weighted by molar-refractivity contribution is 0.00473. The van der Waals surface area contributed by atoms with Gasteiger partial charge in [0.05, 0.1) is 6.61 Å². The largest absolute Gasteiger partial charge is 0.394 e. The van der Waals surface area contributed by atoms with Crippen LogP contribution in [0.4, 0.5) is 0 Å². The fourth-order valence-electron chi connectivity index (χ4n) is 1.52. The fourth-order valence-corrected chi connectivity index (χ4v) is 2.86. The van der Waals surface area contributed by atoms with Crippen LogP contribution in [-0.4, -0.2) is 57.6 Å². The van der Waals surface area contributed by atoms with Crippen LogP contribution in [0.25, 0.3) is 0 Å². The van der Waals surface area contributed by atoms with Crippen molar-refractivity contribution in [3.05, 3.63) is 0 Å². The van der Waals surface area contributed by atoms with Crippen LogP contribution < -0.4 is 0 Å². The van der Waals surface area contributed by atoms with Gasteiger partial charge in [0.25, 0.3) is 0 Å². The zero-order chi connectivity index (χ0) is 11.6. The Hall–Kier alpha value is 0.905. The molecule has 1 heterocycles. The van der Waals surface area contributed by atoms with Gasteiger partial charge in [-0.3, -0.25) is 0 Å². The molecule has 1 rings (SSSR count). The number of hydrogen-bond donors (Lipinski definition) is 2. The molecule has 5 atom stereocenters. The van der Waals surface area contributed by atoms with E-state index in [1.165, 1.54) is 7.11 Å². The first-order valence-electron chi connectivity index (χ1n) is 4.42. The van der Waals surface area contributed by atoms with E-state index in [2.05, 4.69) is 12.2 Å². The zero-order valence-electron chi connectivity index (χ0n) is 8.57. The molecular formula is C7H14BO4PS2. The van der Waals surface area contributed by atoms with Gasteiger partial charge in [-0.25, -0.2) is 0 Å². The first-order valence-corrected chi connectivity index (χ1v) is 8.74. The molecule has 0 bridgehead atoms. The van der Waals surface area contributed by atoms with Crippen LogP contribution in [0, 0.1) is 0 Å². The lowest BCUT2D eigenvalue weighted by Crippen LogP contribution is -2.37. The second-order valence-corrected chi connectivity index (χ2v) is 10.4. The topological polar surface area (TPSA) is 47.9 Å². The number of aliphatic hydroxyl groups is 1. The first kappa shape index (κ1) is 14.0. The molecule has 86 valence electrons. The number of aliphatic hydroxyl groups excluding tert-OH is 1. The van der Waals surface area contributed by atoms with E-state index >= 15 is 0 Å². The minimum absolute atomic E-state index is 0.179. The van der Waals surface area contributed by atoms with E-state index in [1.807, 2.05) is 0 Å². The van der Waals surface area contributed by atoms with Gasteiger partial charge in [-0.15, -0.1) is 12.2 Å². The van der Waals surface area contributed by atoms with Gasteiger partial charge >= 0.3 is 0 Å². The Bertz CT molecular complexity index is 261. The van der Waals surface area contributed by atoms with E-state index < -0.39 is 29.8 Å². The third-order valence-corrected chi connectivity index (χ3v) is 3.29. The monoisotopic (exact) mass is 268 g/mol. The van der Waals surface area contributed by atoms with Crippen molar-refractivity contribution in [1.29, 1.82) is 0 Å². The third-order valence-electron chi connectivity index (χ3n) is 2.12. The molecular weight excluding hydrogens is 254 g/mol. The van der Waals surface area contributed by atoms with E-state index in [0.29, 0.717) is 0 Å². The normalized spacial score (nSPS) is 40.3. The molecule has 1 N–H and O–H groups in total. The van der Waals surface area contributed by atoms with E-state index in [-0.39, 0.29) is 6.61 Å². The van der Waals surface area contributed by atoms with Crippen molar-refractivity contribution in [3.63, 3.8) is 0 Å². The van der Waals surface area contributed by atoms with Crippen molar-refractivity contribution in [3.8, 4) is 0 Å². The van der Waals surface area contributed by atoms with Crippen LogP contribution in [0.1, 0.15) is 0 Å². The number of thiol groups is 1. The summed E-state index contributed by atoms with van der Waals surface area (Å²) in [7, 11) is 7.20. The van der Waals surface area contributed by atoms with Crippen molar-refractivity contribution < 1.29 is 19.1 Å². The van der Waals surface area contributed by atoms with Crippen molar-refractivity contribution in [2.45, 2.75) is 24.3 Å². The SMILES string of the molecule is [B]C1OC(CO)C(OP(C)(=S)S)C1OC. The van der Waals surface area contributed by atoms with Crippen LogP contribution in [0.3, 0.4) is 0 Å². The summed E-state index contributed by atoms with van der Waals surface area (Å²) < 4.78 is 16.0. The molecule has 0 spiro atoms. The predicted molar refractivity (Wildman–Crippen MR) is 66.4 cm³/mol. The highest BCUT2D eigenvalue weighted by atomic mass is 32.9.